The molecule has 4 heteroatoms. The van der Waals surface area contributed by atoms with Crippen LogP contribution in [0, 0.1) is 0 Å². The molecule has 1 aromatic carbocycles. The minimum absolute atomic E-state index is 0.0565. The molecule has 0 radical (unpaired) electrons. The Balaban J connectivity index is 2.67. The summed E-state index contributed by atoms with van der Waals surface area (Å²) in [4.78, 5) is 0. The number of benzene rings is 1. The molecule has 0 heterocycles. The predicted octanol–water partition coefficient (Wildman–Crippen LogP) is 3.00. The Labute approximate surface area is 108 Å². The molecule has 0 unspecified atom stereocenters. The van der Waals surface area contributed by atoms with Gasteiger partial charge in [-0.25, -0.2) is 0 Å². The highest BCUT2D eigenvalue weighted by molar-refractivity contribution is 6.31. The van der Waals surface area contributed by atoms with Gasteiger partial charge in [0.1, 0.15) is 6.10 Å². The molecule has 0 aromatic heterocycles. The van der Waals surface area contributed by atoms with Crippen molar-refractivity contribution in [1.29, 1.82) is 0 Å². The molecule has 1 aromatic rings. The third kappa shape index (κ3) is 4.28. The average molecular weight is 258 g/mol. The molecule has 0 aliphatic carbocycles. The molecule has 0 bridgehead atoms. The van der Waals surface area contributed by atoms with E-state index in [2.05, 4.69) is 5.32 Å². The molecule has 3 nitrogen and oxygen atoms in total. The van der Waals surface area contributed by atoms with Crippen molar-refractivity contribution in [2.75, 3.05) is 20.4 Å². The van der Waals surface area contributed by atoms with Crippen LogP contribution in [0.25, 0.3) is 0 Å². The van der Waals surface area contributed by atoms with Crippen LogP contribution in [-0.2, 0) is 9.47 Å². The summed E-state index contributed by atoms with van der Waals surface area (Å²) in [5.74, 6) is 0. The van der Waals surface area contributed by atoms with Gasteiger partial charge in [0.2, 0.25) is 0 Å². The van der Waals surface area contributed by atoms with Crippen LogP contribution in [0.1, 0.15) is 25.5 Å². The van der Waals surface area contributed by atoms with Crippen LogP contribution in [0.2, 0.25) is 5.02 Å². The lowest BCUT2D eigenvalue weighted by atomic mass is 10.1. The van der Waals surface area contributed by atoms with Crippen LogP contribution in [-0.4, -0.2) is 26.5 Å². The normalized spacial score (nSPS) is 14.6. The van der Waals surface area contributed by atoms with Gasteiger partial charge in [-0.2, -0.15) is 0 Å². The Kier molecular flexibility index (Phi) is 6.52. The molecule has 1 N–H and O–H groups in total. The van der Waals surface area contributed by atoms with Gasteiger partial charge in [0.05, 0.1) is 12.8 Å². The summed E-state index contributed by atoms with van der Waals surface area (Å²) in [5.41, 5.74) is 0.959. The Bertz CT molecular complexity index is 333. The number of hydrogen-bond donors (Lipinski definition) is 1. The molecule has 96 valence electrons. The van der Waals surface area contributed by atoms with Crippen LogP contribution in [0.5, 0.6) is 0 Å². The molecule has 0 saturated heterocycles. The number of halogens is 1. The van der Waals surface area contributed by atoms with Gasteiger partial charge >= 0.3 is 0 Å². The molecule has 0 aliphatic rings. The van der Waals surface area contributed by atoms with Crippen LogP contribution in [0.3, 0.4) is 0 Å². The quantitative estimate of drug-likeness (QED) is 0.602. The molecule has 0 saturated carbocycles. The van der Waals surface area contributed by atoms with Crippen molar-refractivity contribution in [3.8, 4) is 0 Å². The van der Waals surface area contributed by atoms with Gasteiger partial charge in [-0.05, 0) is 19.5 Å². The van der Waals surface area contributed by atoms with E-state index in [1.807, 2.05) is 38.1 Å². The van der Waals surface area contributed by atoms with Gasteiger partial charge in [0.25, 0.3) is 0 Å². The fourth-order valence-electron chi connectivity index (χ4n) is 1.66. The van der Waals surface area contributed by atoms with Crippen molar-refractivity contribution >= 4 is 11.6 Å². The zero-order valence-electron chi connectivity index (χ0n) is 10.6. The second-order valence-electron chi connectivity index (χ2n) is 3.80. The van der Waals surface area contributed by atoms with E-state index in [0.717, 1.165) is 12.1 Å². The fraction of sp³-hybridized carbons (Fsp3) is 0.538. The van der Waals surface area contributed by atoms with Crippen molar-refractivity contribution in [3.63, 3.8) is 0 Å². The largest absolute Gasteiger partial charge is 0.374 e. The Morgan fingerprint density at radius 1 is 1.35 bits per heavy atom. The smallest absolute Gasteiger partial charge is 0.109 e. The number of ether oxygens (including phenoxy) is 2. The summed E-state index contributed by atoms with van der Waals surface area (Å²) < 4.78 is 11.1. The Hall–Kier alpha value is -0.610. The monoisotopic (exact) mass is 257 g/mol. The maximum Gasteiger partial charge on any atom is 0.109 e. The van der Waals surface area contributed by atoms with Gasteiger partial charge in [-0.15, -0.1) is 0 Å². The highest BCUT2D eigenvalue weighted by Crippen LogP contribution is 2.28. The highest BCUT2D eigenvalue weighted by Gasteiger charge is 2.21. The second-order valence-corrected chi connectivity index (χ2v) is 4.20. The van der Waals surface area contributed by atoms with Crippen molar-refractivity contribution in [3.05, 3.63) is 34.9 Å². The van der Waals surface area contributed by atoms with E-state index in [0.29, 0.717) is 11.8 Å². The summed E-state index contributed by atoms with van der Waals surface area (Å²) in [6.07, 6.45) is -0.207. The molecule has 0 fully saturated rings. The van der Waals surface area contributed by atoms with Crippen molar-refractivity contribution in [2.24, 2.45) is 0 Å². The van der Waals surface area contributed by atoms with Gasteiger partial charge in [0, 0.05) is 17.7 Å². The van der Waals surface area contributed by atoms with Crippen LogP contribution >= 0.6 is 11.6 Å². The minimum atomic E-state index is -0.151. The lowest BCUT2D eigenvalue weighted by Crippen LogP contribution is -2.27. The first-order chi connectivity index (χ1) is 8.20. The van der Waals surface area contributed by atoms with E-state index in [4.69, 9.17) is 21.1 Å². The van der Waals surface area contributed by atoms with E-state index < -0.39 is 0 Å². The van der Waals surface area contributed by atoms with E-state index in [-0.39, 0.29) is 12.2 Å². The zero-order chi connectivity index (χ0) is 12.7. The molecule has 0 amide bonds. The molecular formula is C13H20ClNO2. The fourth-order valence-corrected chi connectivity index (χ4v) is 1.90. The lowest BCUT2D eigenvalue weighted by molar-refractivity contribution is -0.0538. The van der Waals surface area contributed by atoms with Gasteiger partial charge < -0.3 is 9.47 Å². The third-order valence-corrected chi connectivity index (χ3v) is 2.93. The molecule has 2 atom stereocenters. The summed E-state index contributed by atoms with van der Waals surface area (Å²) >= 11 is 6.15. The second kappa shape index (κ2) is 7.67. The maximum atomic E-state index is 6.15. The predicted molar refractivity (Wildman–Crippen MR) is 70.3 cm³/mol. The summed E-state index contributed by atoms with van der Waals surface area (Å²) in [5, 5.41) is 3.82. The summed E-state index contributed by atoms with van der Waals surface area (Å²) in [6.45, 7) is 5.42. The van der Waals surface area contributed by atoms with Crippen molar-refractivity contribution in [1.82, 2.24) is 5.32 Å². The number of nitrogens with one attached hydrogen (secondary N) is 1. The first-order valence-corrected chi connectivity index (χ1v) is 6.18. The SMILES string of the molecule is CCNCO[C@H](C)[C@H](OC)c1ccccc1Cl. The Morgan fingerprint density at radius 2 is 2.06 bits per heavy atom. The van der Waals surface area contributed by atoms with Crippen molar-refractivity contribution < 1.29 is 9.47 Å². The molecule has 0 spiro atoms. The van der Waals surface area contributed by atoms with Gasteiger partial charge in [-0.1, -0.05) is 36.7 Å². The van der Waals surface area contributed by atoms with E-state index >= 15 is 0 Å². The van der Waals surface area contributed by atoms with Crippen LogP contribution in [0.15, 0.2) is 24.3 Å². The number of hydrogen-bond acceptors (Lipinski definition) is 3. The summed E-state index contributed by atoms with van der Waals surface area (Å²) in [6, 6.07) is 7.68. The minimum Gasteiger partial charge on any atom is -0.374 e. The van der Waals surface area contributed by atoms with E-state index in [1.54, 1.807) is 7.11 Å². The zero-order valence-corrected chi connectivity index (χ0v) is 11.3. The molecular weight excluding hydrogens is 238 g/mol. The van der Waals surface area contributed by atoms with E-state index in [9.17, 15) is 0 Å². The topological polar surface area (TPSA) is 30.5 Å². The molecule has 1 rings (SSSR count). The lowest BCUT2D eigenvalue weighted by Gasteiger charge is -2.24. The first kappa shape index (κ1) is 14.5. The van der Waals surface area contributed by atoms with Crippen LogP contribution < -0.4 is 5.32 Å². The standard InChI is InChI=1S/C13H20ClNO2/c1-4-15-9-17-10(2)13(16-3)11-7-5-6-8-12(11)14/h5-8,10,13,15H,4,9H2,1-3H3/t10-,13+/m1/s1. The average Bonchev–Trinajstić information content (AvgIpc) is 2.33. The molecule has 17 heavy (non-hydrogen) atoms. The third-order valence-electron chi connectivity index (χ3n) is 2.59. The summed E-state index contributed by atoms with van der Waals surface area (Å²) in [7, 11) is 1.67. The van der Waals surface area contributed by atoms with Crippen molar-refractivity contribution in [2.45, 2.75) is 26.1 Å². The Morgan fingerprint density at radius 3 is 2.65 bits per heavy atom. The van der Waals surface area contributed by atoms with E-state index in [1.165, 1.54) is 0 Å². The molecule has 0 aliphatic heterocycles. The highest BCUT2D eigenvalue weighted by atomic mass is 35.5. The van der Waals surface area contributed by atoms with Gasteiger partial charge in [0.15, 0.2) is 0 Å². The number of methoxy groups -OCH3 is 1. The number of rotatable bonds is 7. The van der Waals surface area contributed by atoms with Crippen LogP contribution in [0.4, 0.5) is 0 Å². The first-order valence-electron chi connectivity index (χ1n) is 5.80. The maximum absolute atomic E-state index is 6.15. The van der Waals surface area contributed by atoms with Gasteiger partial charge in [-0.3, -0.25) is 5.32 Å².